The Bertz CT molecular complexity index is 489. The van der Waals surface area contributed by atoms with Crippen LogP contribution in [0.2, 0.25) is 0 Å². The molecule has 1 fully saturated rings. The number of hydrogen-bond acceptors (Lipinski definition) is 4. The van der Waals surface area contributed by atoms with Crippen LogP contribution in [0.4, 0.5) is 9.59 Å². The van der Waals surface area contributed by atoms with E-state index < -0.39 is 18.2 Å². The predicted molar refractivity (Wildman–Crippen MR) is 66.3 cm³/mol. The molecule has 1 atom stereocenters. The van der Waals surface area contributed by atoms with Crippen LogP contribution >= 0.6 is 0 Å². The Kier molecular flexibility index (Phi) is 3.79. The van der Waals surface area contributed by atoms with Gasteiger partial charge in [0.1, 0.15) is 18.9 Å². The van der Waals surface area contributed by atoms with Crippen molar-refractivity contribution >= 4 is 18.4 Å². The van der Waals surface area contributed by atoms with Crippen LogP contribution in [-0.2, 0) is 16.1 Å². The molecule has 1 aromatic carbocycles. The maximum atomic E-state index is 11.8. The lowest BCUT2D eigenvalue weighted by molar-refractivity contribution is -0.110. The number of benzene rings is 1. The van der Waals surface area contributed by atoms with Gasteiger partial charge in [-0.25, -0.2) is 14.5 Å². The summed E-state index contributed by atoms with van der Waals surface area (Å²) in [5, 5.41) is 0. The van der Waals surface area contributed by atoms with Gasteiger partial charge in [-0.2, -0.15) is 0 Å². The zero-order valence-corrected chi connectivity index (χ0v) is 10.5. The minimum atomic E-state index is -0.731. The number of carbonyl (C=O) groups is 3. The van der Waals surface area contributed by atoms with E-state index in [0.717, 1.165) is 10.5 Å². The second kappa shape index (κ2) is 5.51. The highest BCUT2D eigenvalue weighted by atomic mass is 16.6. The molecule has 0 bridgehead atoms. The van der Waals surface area contributed by atoms with Gasteiger partial charge in [0.05, 0.1) is 6.54 Å². The van der Waals surface area contributed by atoms with Crippen molar-refractivity contribution in [3.8, 4) is 0 Å². The molecule has 0 spiro atoms. The fraction of sp³-hybridized carbons (Fsp3) is 0.308. The van der Waals surface area contributed by atoms with E-state index in [-0.39, 0.29) is 13.2 Å². The maximum Gasteiger partial charge on any atom is 0.418 e. The number of aldehydes is 1. The third-order valence-electron chi connectivity index (χ3n) is 2.98. The predicted octanol–water partition coefficient (Wildman–Crippen LogP) is 1.26. The molecule has 2 rings (SSSR count). The van der Waals surface area contributed by atoms with E-state index in [0.29, 0.717) is 6.29 Å². The van der Waals surface area contributed by atoms with E-state index in [1.807, 2.05) is 30.3 Å². The van der Waals surface area contributed by atoms with Crippen molar-refractivity contribution in [1.29, 1.82) is 0 Å². The highest BCUT2D eigenvalue weighted by molar-refractivity contribution is 5.94. The van der Waals surface area contributed by atoms with E-state index in [4.69, 9.17) is 4.74 Å². The lowest BCUT2D eigenvalue weighted by Crippen LogP contribution is -2.35. The summed E-state index contributed by atoms with van der Waals surface area (Å²) in [6, 6.07) is 8.05. The molecule has 1 saturated heterocycles. The number of amides is 3. The minimum absolute atomic E-state index is 0.0342. The first-order valence-corrected chi connectivity index (χ1v) is 5.84. The zero-order valence-electron chi connectivity index (χ0n) is 10.5. The first kappa shape index (κ1) is 13.1. The molecule has 1 heterocycles. The van der Waals surface area contributed by atoms with E-state index >= 15 is 0 Å². The highest BCUT2D eigenvalue weighted by Gasteiger charge is 2.39. The topological polar surface area (TPSA) is 66.9 Å². The van der Waals surface area contributed by atoms with Gasteiger partial charge in [-0.15, -0.1) is 0 Å². The van der Waals surface area contributed by atoms with Crippen LogP contribution in [0.1, 0.15) is 5.56 Å². The summed E-state index contributed by atoms with van der Waals surface area (Å²) >= 11 is 0. The van der Waals surface area contributed by atoms with E-state index in [2.05, 4.69) is 0 Å². The molecular formula is C13H14N2O4. The first-order valence-electron chi connectivity index (χ1n) is 5.84. The smallest absolute Gasteiger partial charge is 0.418 e. The van der Waals surface area contributed by atoms with Crippen LogP contribution in [0.3, 0.4) is 0 Å². The van der Waals surface area contributed by atoms with Gasteiger partial charge in [0.2, 0.25) is 0 Å². The summed E-state index contributed by atoms with van der Waals surface area (Å²) in [4.78, 5) is 36.4. The largest absolute Gasteiger partial charge is 0.444 e. The third kappa shape index (κ3) is 2.73. The Morgan fingerprint density at radius 2 is 2.11 bits per heavy atom. The van der Waals surface area contributed by atoms with Gasteiger partial charge >= 0.3 is 12.1 Å². The van der Waals surface area contributed by atoms with E-state index in [1.54, 1.807) is 0 Å². The Hall–Kier alpha value is -2.37. The number of ether oxygens (including phenoxy) is 1. The Morgan fingerprint density at radius 1 is 1.42 bits per heavy atom. The lowest BCUT2D eigenvalue weighted by atomic mass is 10.2. The third-order valence-corrected chi connectivity index (χ3v) is 2.98. The molecule has 3 amide bonds. The minimum Gasteiger partial charge on any atom is -0.444 e. The number of nitrogens with zero attached hydrogens (tertiary/aromatic N) is 2. The highest BCUT2D eigenvalue weighted by Crippen LogP contribution is 2.14. The van der Waals surface area contributed by atoms with Crippen molar-refractivity contribution in [2.24, 2.45) is 0 Å². The average Bonchev–Trinajstić information content (AvgIpc) is 2.73. The fourth-order valence-electron chi connectivity index (χ4n) is 1.80. The molecule has 0 saturated carbocycles. The van der Waals surface area contributed by atoms with Crippen LogP contribution in [0, 0.1) is 0 Å². The summed E-state index contributed by atoms with van der Waals surface area (Å²) in [5.74, 6) is 0. The van der Waals surface area contributed by atoms with Crippen molar-refractivity contribution in [3.05, 3.63) is 35.9 Å². The molecule has 19 heavy (non-hydrogen) atoms. The van der Waals surface area contributed by atoms with Crippen molar-refractivity contribution in [2.45, 2.75) is 12.6 Å². The molecule has 1 unspecified atom stereocenters. The molecule has 6 nitrogen and oxygen atoms in total. The van der Waals surface area contributed by atoms with Crippen molar-refractivity contribution in [1.82, 2.24) is 9.80 Å². The molecule has 1 aliphatic heterocycles. The quantitative estimate of drug-likeness (QED) is 0.769. The summed E-state index contributed by atoms with van der Waals surface area (Å²) in [6.45, 7) is 0.130. The number of imide groups is 1. The molecule has 100 valence electrons. The maximum absolute atomic E-state index is 11.8. The number of carbonyl (C=O) groups excluding carboxylic acids is 3. The van der Waals surface area contributed by atoms with Gasteiger partial charge in [0, 0.05) is 7.05 Å². The molecule has 1 aromatic rings. The van der Waals surface area contributed by atoms with Crippen LogP contribution in [0.5, 0.6) is 0 Å². The number of hydrogen-bond donors (Lipinski definition) is 0. The second-order valence-corrected chi connectivity index (χ2v) is 4.25. The normalized spacial score (nSPS) is 18.6. The van der Waals surface area contributed by atoms with Crippen molar-refractivity contribution in [2.75, 3.05) is 13.6 Å². The van der Waals surface area contributed by atoms with Crippen LogP contribution < -0.4 is 0 Å². The molecule has 0 aromatic heterocycles. The zero-order chi connectivity index (χ0) is 13.8. The molecule has 6 heteroatoms. The summed E-state index contributed by atoms with van der Waals surface area (Å²) in [7, 11) is 1.48. The average molecular weight is 262 g/mol. The fourth-order valence-corrected chi connectivity index (χ4v) is 1.80. The van der Waals surface area contributed by atoms with E-state index in [1.165, 1.54) is 11.9 Å². The van der Waals surface area contributed by atoms with Gasteiger partial charge in [-0.1, -0.05) is 30.3 Å². The molecule has 0 N–H and O–H groups in total. The standard InChI is InChI=1S/C13H14N2O4/c1-14-11(8-16)7-15(12(14)17)13(18)19-9-10-5-3-2-4-6-10/h2-6,8,11H,7,9H2,1H3. The van der Waals surface area contributed by atoms with Gasteiger partial charge in [-0.3, -0.25) is 0 Å². The molecule has 0 aliphatic carbocycles. The van der Waals surface area contributed by atoms with Crippen molar-refractivity contribution < 1.29 is 19.1 Å². The Labute approximate surface area is 110 Å². The molecule has 0 radical (unpaired) electrons. The molecule has 1 aliphatic rings. The van der Waals surface area contributed by atoms with Crippen LogP contribution in [0.25, 0.3) is 0 Å². The monoisotopic (exact) mass is 262 g/mol. The van der Waals surface area contributed by atoms with Gasteiger partial charge in [0.25, 0.3) is 0 Å². The van der Waals surface area contributed by atoms with Gasteiger partial charge in [0.15, 0.2) is 0 Å². The van der Waals surface area contributed by atoms with Crippen molar-refractivity contribution in [3.63, 3.8) is 0 Å². The molecular weight excluding hydrogens is 248 g/mol. The van der Waals surface area contributed by atoms with E-state index in [9.17, 15) is 14.4 Å². The Morgan fingerprint density at radius 3 is 2.68 bits per heavy atom. The summed E-state index contributed by atoms with van der Waals surface area (Å²) in [6.07, 6.45) is -0.0902. The van der Waals surface area contributed by atoms with Crippen LogP contribution in [0.15, 0.2) is 30.3 Å². The summed E-state index contributed by atoms with van der Waals surface area (Å²) in [5.41, 5.74) is 0.836. The number of rotatable bonds is 3. The SMILES string of the molecule is CN1C(=O)N(C(=O)OCc2ccccc2)CC1C=O. The number of likely N-dealkylation sites (N-methyl/N-ethyl adjacent to an activating group) is 1. The summed E-state index contributed by atoms with van der Waals surface area (Å²) < 4.78 is 5.05. The lowest BCUT2D eigenvalue weighted by Gasteiger charge is -2.14. The Balaban J connectivity index is 1.94. The van der Waals surface area contributed by atoms with Gasteiger partial charge < -0.3 is 14.4 Å². The first-order chi connectivity index (χ1) is 9.13. The number of urea groups is 1. The second-order valence-electron chi connectivity index (χ2n) is 4.25. The van der Waals surface area contributed by atoms with Crippen LogP contribution in [-0.4, -0.2) is 47.8 Å². The van der Waals surface area contributed by atoms with Gasteiger partial charge in [-0.05, 0) is 5.56 Å².